The van der Waals surface area contributed by atoms with Crippen LogP contribution in [0.3, 0.4) is 0 Å². The van der Waals surface area contributed by atoms with Gasteiger partial charge in [0.2, 0.25) is 0 Å². The van der Waals surface area contributed by atoms with Crippen LogP contribution in [0.15, 0.2) is 18.2 Å². The lowest BCUT2D eigenvalue weighted by Crippen LogP contribution is -2.40. The summed E-state index contributed by atoms with van der Waals surface area (Å²) in [5, 5.41) is 3.76. The molecule has 1 aliphatic rings. The minimum absolute atomic E-state index is 0.265. The number of piperidine rings is 1. The maximum Gasteiger partial charge on any atom is 0.124 e. The van der Waals surface area contributed by atoms with Crippen LogP contribution in [-0.4, -0.2) is 31.1 Å². The van der Waals surface area contributed by atoms with Crippen molar-refractivity contribution in [3.05, 3.63) is 34.6 Å². The highest BCUT2D eigenvalue weighted by molar-refractivity contribution is 6.31. The van der Waals surface area contributed by atoms with Crippen LogP contribution in [0.1, 0.15) is 31.2 Å². The Morgan fingerprint density at radius 2 is 2.26 bits per heavy atom. The van der Waals surface area contributed by atoms with Gasteiger partial charge in [0, 0.05) is 17.6 Å². The normalized spacial score (nSPS) is 20.7. The first-order valence-corrected chi connectivity index (χ1v) is 7.41. The number of hydrogen-bond donors (Lipinski definition) is 1. The highest BCUT2D eigenvalue weighted by Crippen LogP contribution is 2.25. The summed E-state index contributed by atoms with van der Waals surface area (Å²) < 4.78 is 13.1. The van der Waals surface area contributed by atoms with Gasteiger partial charge in [-0.1, -0.05) is 24.1 Å². The van der Waals surface area contributed by atoms with Crippen molar-refractivity contribution in [1.82, 2.24) is 10.2 Å². The van der Waals surface area contributed by atoms with Gasteiger partial charge in [-0.3, -0.25) is 4.90 Å². The second-order valence-electron chi connectivity index (χ2n) is 5.25. The van der Waals surface area contributed by atoms with E-state index < -0.39 is 0 Å². The van der Waals surface area contributed by atoms with Crippen LogP contribution in [0, 0.1) is 5.82 Å². The summed E-state index contributed by atoms with van der Waals surface area (Å²) in [6.07, 6.45) is 4.96. The van der Waals surface area contributed by atoms with Crippen LogP contribution < -0.4 is 5.32 Å². The van der Waals surface area contributed by atoms with Gasteiger partial charge in [-0.05, 0) is 57.1 Å². The fourth-order valence-electron chi connectivity index (χ4n) is 2.77. The van der Waals surface area contributed by atoms with Gasteiger partial charge in [0.15, 0.2) is 0 Å². The molecule has 0 saturated carbocycles. The van der Waals surface area contributed by atoms with Gasteiger partial charge in [0.05, 0.1) is 0 Å². The fraction of sp³-hybridized carbons (Fsp3) is 0.600. The highest BCUT2D eigenvalue weighted by Gasteiger charge is 2.22. The first-order chi connectivity index (χ1) is 9.20. The number of benzene rings is 1. The molecule has 19 heavy (non-hydrogen) atoms. The lowest BCUT2D eigenvalue weighted by molar-refractivity contribution is 0.132. The van der Waals surface area contributed by atoms with Crippen molar-refractivity contribution in [2.75, 3.05) is 20.1 Å². The zero-order valence-corrected chi connectivity index (χ0v) is 12.2. The van der Waals surface area contributed by atoms with Crippen molar-refractivity contribution < 1.29 is 4.39 Å². The highest BCUT2D eigenvalue weighted by atomic mass is 35.5. The molecule has 1 fully saturated rings. The number of nitrogens with zero attached hydrogens (tertiary/aromatic N) is 1. The average Bonchev–Trinajstić information content (AvgIpc) is 2.41. The Morgan fingerprint density at radius 3 is 3.00 bits per heavy atom. The first kappa shape index (κ1) is 14.8. The number of likely N-dealkylation sites (tertiary alicyclic amines) is 1. The Kier molecular flexibility index (Phi) is 5.61. The van der Waals surface area contributed by atoms with Gasteiger partial charge in [-0.25, -0.2) is 4.39 Å². The van der Waals surface area contributed by atoms with Crippen molar-refractivity contribution in [3.8, 4) is 0 Å². The molecule has 106 valence electrons. The Morgan fingerprint density at radius 1 is 1.42 bits per heavy atom. The Bertz CT molecular complexity index is 411. The number of nitrogens with one attached hydrogen (secondary N) is 1. The van der Waals surface area contributed by atoms with Crippen LogP contribution >= 0.6 is 11.6 Å². The van der Waals surface area contributed by atoms with Crippen molar-refractivity contribution in [2.45, 2.75) is 38.3 Å². The van der Waals surface area contributed by atoms with Crippen LogP contribution in [0.5, 0.6) is 0 Å². The third kappa shape index (κ3) is 4.16. The Labute approximate surface area is 119 Å². The first-order valence-electron chi connectivity index (χ1n) is 7.03. The third-order valence-electron chi connectivity index (χ3n) is 3.87. The van der Waals surface area contributed by atoms with Crippen molar-refractivity contribution in [1.29, 1.82) is 0 Å². The Balaban J connectivity index is 2.02. The molecule has 1 heterocycles. The van der Waals surface area contributed by atoms with E-state index in [1.807, 2.05) is 7.05 Å². The van der Waals surface area contributed by atoms with Gasteiger partial charge in [-0.15, -0.1) is 0 Å². The second kappa shape index (κ2) is 7.22. The van der Waals surface area contributed by atoms with Gasteiger partial charge in [-0.2, -0.15) is 0 Å². The molecule has 1 unspecified atom stereocenters. The molecule has 2 nitrogen and oxygen atoms in total. The van der Waals surface area contributed by atoms with E-state index in [1.54, 1.807) is 6.07 Å². The van der Waals surface area contributed by atoms with Gasteiger partial charge in [0.1, 0.15) is 5.82 Å². The number of halogens is 2. The van der Waals surface area contributed by atoms with E-state index >= 15 is 0 Å². The van der Waals surface area contributed by atoms with Crippen LogP contribution in [-0.2, 0) is 6.54 Å². The van der Waals surface area contributed by atoms with Crippen molar-refractivity contribution >= 4 is 11.6 Å². The summed E-state index contributed by atoms with van der Waals surface area (Å²) in [6.45, 7) is 2.98. The number of hydrogen-bond acceptors (Lipinski definition) is 2. The summed E-state index contributed by atoms with van der Waals surface area (Å²) in [5.41, 5.74) is 1.03. The molecule has 0 amide bonds. The topological polar surface area (TPSA) is 15.3 Å². The standard InChI is InChI=1S/C15H22ClFN2/c1-18-8-7-14-4-2-3-9-19(14)11-12-5-6-13(17)10-15(12)16/h5-6,10,14,18H,2-4,7-9,11H2,1H3. The van der Waals surface area contributed by atoms with E-state index in [4.69, 9.17) is 11.6 Å². The van der Waals surface area contributed by atoms with E-state index in [9.17, 15) is 4.39 Å². The summed E-state index contributed by atoms with van der Waals surface area (Å²) in [6, 6.07) is 5.32. The summed E-state index contributed by atoms with van der Waals surface area (Å²) in [5.74, 6) is -0.265. The smallest absolute Gasteiger partial charge is 0.124 e. The molecule has 0 bridgehead atoms. The lowest BCUT2D eigenvalue weighted by Gasteiger charge is -2.36. The molecular formula is C15H22ClFN2. The van der Waals surface area contributed by atoms with E-state index in [2.05, 4.69) is 10.2 Å². The summed E-state index contributed by atoms with van der Waals surface area (Å²) in [7, 11) is 1.99. The molecule has 0 spiro atoms. The predicted molar refractivity (Wildman–Crippen MR) is 78.0 cm³/mol. The molecule has 1 atom stereocenters. The minimum Gasteiger partial charge on any atom is -0.320 e. The quantitative estimate of drug-likeness (QED) is 0.891. The van der Waals surface area contributed by atoms with E-state index in [1.165, 1.54) is 31.4 Å². The molecule has 1 aromatic carbocycles. The zero-order valence-electron chi connectivity index (χ0n) is 11.5. The largest absolute Gasteiger partial charge is 0.320 e. The Hall–Kier alpha value is -0.640. The molecule has 1 N–H and O–H groups in total. The predicted octanol–water partition coefficient (Wildman–Crippen LogP) is 3.44. The molecular weight excluding hydrogens is 263 g/mol. The molecule has 1 aromatic rings. The van der Waals surface area contributed by atoms with Gasteiger partial charge >= 0.3 is 0 Å². The third-order valence-corrected chi connectivity index (χ3v) is 4.22. The molecule has 0 aromatic heterocycles. The van der Waals surface area contributed by atoms with Crippen LogP contribution in [0.25, 0.3) is 0 Å². The van der Waals surface area contributed by atoms with Crippen molar-refractivity contribution in [2.24, 2.45) is 0 Å². The molecule has 0 radical (unpaired) electrons. The molecule has 4 heteroatoms. The lowest BCUT2D eigenvalue weighted by atomic mass is 9.98. The van der Waals surface area contributed by atoms with Gasteiger partial charge < -0.3 is 5.32 Å². The monoisotopic (exact) mass is 284 g/mol. The molecule has 2 rings (SSSR count). The number of rotatable bonds is 5. The zero-order chi connectivity index (χ0) is 13.7. The van der Waals surface area contributed by atoms with Crippen LogP contribution in [0.4, 0.5) is 4.39 Å². The van der Waals surface area contributed by atoms with Crippen LogP contribution in [0.2, 0.25) is 5.02 Å². The maximum atomic E-state index is 13.1. The van der Waals surface area contributed by atoms with E-state index in [0.29, 0.717) is 11.1 Å². The summed E-state index contributed by atoms with van der Waals surface area (Å²) in [4.78, 5) is 2.49. The average molecular weight is 285 g/mol. The van der Waals surface area contributed by atoms with E-state index in [0.717, 1.165) is 31.6 Å². The fourth-order valence-corrected chi connectivity index (χ4v) is 3.00. The van der Waals surface area contributed by atoms with Gasteiger partial charge in [0.25, 0.3) is 0 Å². The molecule has 1 aliphatic heterocycles. The SMILES string of the molecule is CNCCC1CCCCN1Cc1ccc(F)cc1Cl. The maximum absolute atomic E-state index is 13.1. The second-order valence-corrected chi connectivity index (χ2v) is 5.66. The van der Waals surface area contributed by atoms with E-state index in [-0.39, 0.29) is 5.82 Å². The molecule has 0 aliphatic carbocycles. The molecule has 1 saturated heterocycles. The van der Waals surface area contributed by atoms with Crippen molar-refractivity contribution in [3.63, 3.8) is 0 Å². The summed E-state index contributed by atoms with van der Waals surface area (Å²) >= 11 is 6.12. The minimum atomic E-state index is -0.265.